The van der Waals surface area contributed by atoms with E-state index >= 15 is 0 Å². The number of amides is 1. The second kappa shape index (κ2) is 11.5. The van der Waals surface area contributed by atoms with E-state index in [1.165, 1.54) is 18.4 Å². The summed E-state index contributed by atoms with van der Waals surface area (Å²) < 4.78 is 10.9. The number of hydrogen-bond acceptors (Lipinski definition) is 6. The molecule has 2 aromatic heterocycles. The van der Waals surface area contributed by atoms with Crippen LogP contribution in [-0.2, 0) is 4.74 Å². The summed E-state index contributed by atoms with van der Waals surface area (Å²) in [5.74, 6) is -0.0857. The van der Waals surface area contributed by atoms with Gasteiger partial charge in [0.1, 0.15) is 16.3 Å². The van der Waals surface area contributed by atoms with Crippen LogP contribution in [0.25, 0.3) is 33.3 Å². The van der Waals surface area contributed by atoms with Crippen molar-refractivity contribution >= 4 is 39.1 Å². The van der Waals surface area contributed by atoms with Crippen molar-refractivity contribution in [2.75, 3.05) is 19.0 Å². The Balaban J connectivity index is 1.58. The first-order chi connectivity index (χ1) is 19.0. The molecule has 0 spiro atoms. The van der Waals surface area contributed by atoms with Crippen molar-refractivity contribution in [3.8, 4) is 28.1 Å². The number of pyridine rings is 1. The van der Waals surface area contributed by atoms with E-state index in [0.717, 1.165) is 33.7 Å². The highest BCUT2D eigenvalue weighted by Crippen LogP contribution is 2.40. The van der Waals surface area contributed by atoms with Crippen LogP contribution >= 0.6 is 11.3 Å². The van der Waals surface area contributed by atoms with Gasteiger partial charge in [0.05, 0.1) is 30.5 Å². The predicted octanol–water partition coefficient (Wildman–Crippen LogP) is 7.77. The molecule has 0 bridgehead atoms. The minimum Gasteiger partial charge on any atom is -0.494 e. The zero-order chi connectivity index (χ0) is 27.4. The van der Waals surface area contributed by atoms with E-state index in [0.29, 0.717) is 39.3 Å². The van der Waals surface area contributed by atoms with Crippen LogP contribution in [0, 0.1) is 6.92 Å². The number of esters is 1. The maximum atomic E-state index is 13.8. The first kappa shape index (κ1) is 26.1. The molecule has 0 fully saturated rings. The molecule has 3 aromatic carbocycles. The molecule has 1 N–H and O–H groups in total. The fraction of sp³-hybridized carbons (Fsp3) is 0.156. The summed E-state index contributed by atoms with van der Waals surface area (Å²) in [7, 11) is 1.34. The normalized spacial score (nSPS) is 10.8. The molecular formula is C32H28N2O4S. The van der Waals surface area contributed by atoms with Crippen molar-refractivity contribution in [1.82, 2.24) is 4.98 Å². The zero-order valence-corrected chi connectivity index (χ0v) is 22.8. The van der Waals surface area contributed by atoms with E-state index in [1.54, 1.807) is 6.07 Å². The Morgan fingerprint density at radius 1 is 0.923 bits per heavy atom. The maximum Gasteiger partial charge on any atom is 0.341 e. The summed E-state index contributed by atoms with van der Waals surface area (Å²) >= 11 is 1.35. The number of nitrogens with zero attached hydrogens (tertiary/aromatic N) is 1. The third-order valence-electron chi connectivity index (χ3n) is 6.33. The number of ether oxygens (including phenoxy) is 2. The smallest absolute Gasteiger partial charge is 0.341 e. The molecule has 0 radical (unpaired) electrons. The van der Waals surface area contributed by atoms with E-state index in [2.05, 4.69) is 12.2 Å². The monoisotopic (exact) mass is 536 g/mol. The highest BCUT2D eigenvalue weighted by Gasteiger charge is 2.26. The van der Waals surface area contributed by atoms with Crippen LogP contribution < -0.4 is 10.1 Å². The molecule has 0 unspecified atom stereocenters. The Bertz CT molecular complexity index is 1660. The lowest BCUT2D eigenvalue weighted by Crippen LogP contribution is -2.15. The van der Waals surface area contributed by atoms with Crippen LogP contribution in [0.3, 0.4) is 0 Å². The van der Waals surface area contributed by atoms with Gasteiger partial charge >= 0.3 is 5.97 Å². The number of carbonyl (C=O) groups excluding carboxylic acids is 2. The van der Waals surface area contributed by atoms with E-state index in [9.17, 15) is 9.59 Å². The highest BCUT2D eigenvalue weighted by atomic mass is 32.1. The second-order valence-corrected chi connectivity index (χ2v) is 10.2. The molecule has 39 heavy (non-hydrogen) atoms. The average molecular weight is 537 g/mol. The number of aryl methyl sites for hydroxylation is 1. The van der Waals surface area contributed by atoms with Gasteiger partial charge in [-0.25, -0.2) is 9.78 Å². The molecule has 7 heteroatoms. The number of aromatic nitrogens is 1. The molecule has 0 saturated heterocycles. The average Bonchev–Trinajstić information content (AvgIpc) is 3.30. The summed E-state index contributed by atoms with van der Waals surface area (Å²) in [6.45, 7) is 4.61. The molecular weight excluding hydrogens is 508 g/mol. The SMILES string of the molecule is CCCOc1cccc(-c2cc(C(=O)Nc3sc(C)c(-c4ccccc4)c3C(=O)OC)c3ccccc3n2)c1. The summed E-state index contributed by atoms with van der Waals surface area (Å²) in [4.78, 5) is 32.5. The molecule has 5 rings (SSSR count). The van der Waals surface area contributed by atoms with Gasteiger partial charge in [-0.15, -0.1) is 11.3 Å². The maximum absolute atomic E-state index is 13.8. The van der Waals surface area contributed by atoms with Crippen molar-refractivity contribution < 1.29 is 19.1 Å². The fourth-order valence-electron chi connectivity index (χ4n) is 4.53. The first-order valence-corrected chi connectivity index (χ1v) is 13.5. The molecule has 5 aromatic rings. The van der Waals surface area contributed by atoms with Crippen molar-refractivity contribution in [3.63, 3.8) is 0 Å². The summed E-state index contributed by atoms with van der Waals surface area (Å²) in [5.41, 5.74) is 4.64. The molecule has 0 atom stereocenters. The topological polar surface area (TPSA) is 77.5 Å². The molecule has 0 aliphatic carbocycles. The van der Waals surface area contributed by atoms with Gasteiger partial charge in [-0.05, 0) is 43.2 Å². The summed E-state index contributed by atoms with van der Waals surface area (Å²) in [6.07, 6.45) is 0.907. The van der Waals surface area contributed by atoms with Crippen molar-refractivity contribution in [2.45, 2.75) is 20.3 Å². The quantitative estimate of drug-likeness (QED) is 0.205. The van der Waals surface area contributed by atoms with Crippen molar-refractivity contribution in [3.05, 3.63) is 101 Å². The van der Waals surface area contributed by atoms with Crippen LogP contribution in [0.4, 0.5) is 5.00 Å². The number of anilines is 1. The van der Waals surface area contributed by atoms with Crippen molar-refractivity contribution in [1.29, 1.82) is 0 Å². The lowest BCUT2D eigenvalue weighted by molar-refractivity contribution is 0.0603. The fourth-order valence-corrected chi connectivity index (χ4v) is 5.59. The van der Waals surface area contributed by atoms with Crippen LogP contribution in [0.2, 0.25) is 0 Å². The number of rotatable bonds is 8. The van der Waals surface area contributed by atoms with Gasteiger partial charge < -0.3 is 14.8 Å². The third kappa shape index (κ3) is 5.40. The minimum atomic E-state index is -0.502. The standard InChI is InChI=1S/C32H28N2O4S/c1-4-17-38-23-14-10-13-22(18-23)27-19-25(24-15-8-9-16-26(24)33-27)30(35)34-31-29(32(36)37-3)28(20(2)39-31)21-11-6-5-7-12-21/h5-16,18-19H,4,17H2,1-3H3,(H,34,35). The Hall–Kier alpha value is -4.49. The number of methoxy groups -OCH3 is 1. The van der Waals surface area contributed by atoms with E-state index in [-0.39, 0.29) is 5.91 Å². The molecule has 196 valence electrons. The van der Waals surface area contributed by atoms with E-state index in [4.69, 9.17) is 14.5 Å². The Morgan fingerprint density at radius 3 is 2.44 bits per heavy atom. The molecule has 2 heterocycles. The highest BCUT2D eigenvalue weighted by molar-refractivity contribution is 7.17. The molecule has 6 nitrogen and oxygen atoms in total. The van der Waals surface area contributed by atoms with Gasteiger partial charge in [0.15, 0.2) is 0 Å². The Morgan fingerprint density at radius 2 is 1.67 bits per heavy atom. The second-order valence-electron chi connectivity index (χ2n) is 9.00. The number of hydrogen-bond donors (Lipinski definition) is 1. The molecule has 0 saturated carbocycles. The van der Waals surface area contributed by atoms with Gasteiger partial charge in [0, 0.05) is 21.4 Å². The van der Waals surface area contributed by atoms with Gasteiger partial charge in [0.2, 0.25) is 0 Å². The number of benzene rings is 3. The van der Waals surface area contributed by atoms with Crippen LogP contribution in [0.1, 0.15) is 38.9 Å². The lowest BCUT2D eigenvalue weighted by atomic mass is 10.0. The van der Waals surface area contributed by atoms with Gasteiger partial charge in [-0.2, -0.15) is 0 Å². The van der Waals surface area contributed by atoms with E-state index < -0.39 is 5.97 Å². The van der Waals surface area contributed by atoms with Gasteiger partial charge in [0.25, 0.3) is 5.91 Å². The number of para-hydroxylation sites is 1. The first-order valence-electron chi connectivity index (χ1n) is 12.7. The molecule has 0 aliphatic rings. The van der Waals surface area contributed by atoms with Crippen molar-refractivity contribution in [2.24, 2.45) is 0 Å². The van der Waals surface area contributed by atoms with Crippen LogP contribution in [-0.4, -0.2) is 30.6 Å². The zero-order valence-electron chi connectivity index (χ0n) is 22.0. The number of fused-ring (bicyclic) bond motifs is 1. The third-order valence-corrected chi connectivity index (χ3v) is 7.35. The van der Waals surface area contributed by atoms with Gasteiger partial charge in [-0.3, -0.25) is 4.79 Å². The predicted molar refractivity (Wildman–Crippen MR) is 157 cm³/mol. The number of carbonyl (C=O) groups is 2. The summed E-state index contributed by atoms with van der Waals surface area (Å²) in [5, 5.41) is 4.17. The Kier molecular flexibility index (Phi) is 7.70. The van der Waals surface area contributed by atoms with Gasteiger partial charge in [-0.1, -0.05) is 67.6 Å². The van der Waals surface area contributed by atoms with Crippen LogP contribution in [0.5, 0.6) is 5.75 Å². The number of nitrogens with one attached hydrogen (secondary N) is 1. The molecule has 1 amide bonds. The minimum absolute atomic E-state index is 0.334. The lowest BCUT2D eigenvalue weighted by Gasteiger charge is -2.12. The summed E-state index contributed by atoms with van der Waals surface area (Å²) in [6, 6.07) is 26.6. The molecule has 0 aliphatic heterocycles. The Labute approximate surface area is 231 Å². The largest absolute Gasteiger partial charge is 0.494 e. The van der Waals surface area contributed by atoms with E-state index in [1.807, 2.05) is 85.8 Å². The number of thiophene rings is 1. The van der Waals surface area contributed by atoms with Crippen LogP contribution in [0.15, 0.2) is 84.9 Å².